The Hall–Kier alpha value is -1.10. The van der Waals surface area contributed by atoms with Crippen molar-refractivity contribution >= 4 is 27.0 Å². The number of nitrogens with zero attached hydrogens (tertiary/aromatic N) is 2. The van der Waals surface area contributed by atoms with Crippen LogP contribution in [0.3, 0.4) is 0 Å². The van der Waals surface area contributed by atoms with E-state index in [2.05, 4.69) is 25.9 Å². The summed E-state index contributed by atoms with van der Waals surface area (Å²) in [4.78, 5) is 7.86. The van der Waals surface area contributed by atoms with Crippen molar-refractivity contribution in [2.75, 3.05) is 0 Å². The van der Waals surface area contributed by atoms with Gasteiger partial charge in [-0.2, -0.15) is 0 Å². The predicted octanol–water partition coefficient (Wildman–Crippen LogP) is 2.80. The summed E-state index contributed by atoms with van der Waals surface area (Å²) in [5, 5.41) is 0.214. The number of benzene rings is 1. The molecule has 2 rings (SSSR count). The summed E-state index contributed by atoms with van der Waals surface area (Å²) < 4.78 is 26.3. The molecule has 5 heteroatoms. The zero-order chi connectivity index (χ0) is 10.1. The second kappa shape index (κ2) is 3.57. The summed E-state index contributed by atoms with van der Waals surface area (Å²) in [5.74, 6) is -1.76. The fourth-order valence-electron chi connectivity index (χ4n) is 1.24. The Bertz CT molecular complexity index is 487. The molecule has 0 saturated carbocycles. The van der Waals surface area contributed by atoms with Crippen LogP contribution in [0.15, 0.2) is 18.5 Å². The van der Waals surface area contributed by atoms with Gasteiger partial charge in [0.25, 0.3) is 0 Å². The van der Waals surface area contributed by atoms with Crippen LogP contribution in [0.25, 0.3) is 11.0 Å². The third-order valence-electron chi connectivity index (χ3n) is 1.88. The molecule has 0 aliphatic rings. The lowest BCUT2D eigenvalue weighted by Crippen LogP contribution is -1.96. The molecule has 0 spiro atoms. The smallest absolute Gasteiger partial charge is 0.165 e. The molecule has 1 heterocycles. The van der Waals surface area contributed by atoms with E-state index in [9.17, 15) is 8.78 Å². The van der Waals surface area contributed by atoms with Gasteiger partial charge in [-0.25, -0.2) is 8.78 Å². The van der Waals surface area contributed by atoms with Gasteiger partial charge in [0.05, 0.1) is 11.0 Å². The van der Waals surface area contributed by atoms with Gasteiger partial charge in [0.2, 0.25) is 0 Å². The van der Waals surface area contributed by atoms with Crippen LogP contribution in [0.4, 0.5) is 8.78 Å². The first-order valence-electron chi connectivity index (χ1n) is 3.87. The highest BCUT2D eigenvalue weighted by Crippen LogP contribution is 2.22. The summed E-state index contributed by atoms with van der Waals surface area (Å²) in [6, 6.07) is 1.05. The fourth-order valence-corrected chi connectivity index (χ4v) is 1.75. The molecule has 0 aliphatic carbocycles. The maximum Gasteiger partial charge on any atom is 0.165 e. The van der Waals surface area contributed by atoms with Crippen molar-refractivity contribution < 1.29 is 8.78 Å². The first-order chi connectivity index (χ1) is 6.74. The predicted molar refractivity (Wildman–Crippen MR) is 52.1 cm³/mol. The molecule has 2 nitrogen and oxygen atoms in total. The van der Waals surface area contributed by atoms with E-state index in [0.29, 0.717) is 11.0 Å². The standard InChI is InChI=1S/C9H5BrF2N2/c10-4-5-8(12)6(11)3-7-9(5)14-2-1-13-7/h1-3H,4H2. The number of alkyl halides is 1. The van der Waals surface area contributed by atoms with Crippen LogP contribution in [-0.4, -0.2) is 9.97 Å². The molecule has 14 heavy (non-hydrogen) atoms. The maximum atomic E-state index is 13.3. The molecule has 2 aromatic rings. The lowest BCUT2D eigenvalue weighted by molar-refractivity contribution is 0.504. The van der Waals surface area contributed by atoms with Crippen LogP contribution in [0.2, 0.25) is 0 Å². The van der Waals surface area contributed by atoms with E-state index >= 15 is 0 Å². The summed E-state index contributed by atoms with van der Waals surface area (Å²) in [6.45, 7) is 0. The molecule has 1 aromatic heterocycles. The highest BCUT2D eigenvalue weighted by molar-refractivity contribution is 9.08. The van der Waals surface area contributed by atoms with Crippen LogP contribution in [-0.2, 0) is 5.33 Å². The van der Waals surface area contributed by atoms with Gasteiger partial charge in [0.15, 0.2) is 11.6 Å². The van der Waals surface area contributed by atoms with E-state index in [4.69, 9.17) is 0 Å². The average molecular weight is 259 g/mol. The minimum absolute atomic E-state index is 0.202. The van der Waals surface area contributed by atoms with Gasteiger partial charge in [0.1, 0.15) is 0 Å². The molecule has 0 N–H and O–H groups in total. The Labute approximate surface area is 87.1 Å². The van der Waals surface area contributed by atoms with E-state index in [-0.39, 0.29) is 10.9 Å². The van der Waals surface area contributed by atoms with Gasteiger partial charge < -0.3 is 0 Å². The fraction of sp³-hybridized carbons (Fsp3) is 0.111. The van der Waals surface area contributed by atoms with Gasteiger partial charge in [-0.1, -0.05) is 15.9 Å². The molecule has 0 atom stereocenters. The molecule has 0 saturated heterocycles. The Kier molecular flexibility index (Phi) is 2.41. The van der Waals surface area contributed by atoms with Crippen molar-refractivity contribution in [2.24, 2.45) is 0 Å². The molecule has 0 unspecified atom stereocenters. The van der Waals surface area contributed by atoms with Crippen molar-refractivity contribution in [3.8, 4) is 0 Å². The van der Waals surface area contributed by atoms with E-state index in [0.717, 1.165) is 6.07 Å². The Morgan fingerprint density at radius 3 is 2.64 bits per heavy atom. The number of rotatable bonds is 1. The molecule has 0 radical (unpaired) electrons. The van der Waals surface area contributed by atoms with Crippen molar-refractivity contribution in [3.63, 3.8) is 0 Å². The molecule has 72 valence electrons. The third kappa shape index (κ3) is 1.37. The van der Waals surface area contributed by atoms with E-state index in [1.54, 1.807) is 0 Å². The molecule has 1 aromatic carbocycles. The van der Waals surface area contributed by atoms with Crippen LogP contribution in [0, 0.1) is 11.6 Å². The number of hydrogen-bond acceptors (Lipinski definition) is 2. The van der Waals surface area contributed by atoms with Gasteiger partial charge >= 0.3 is 0 Å². The van der Waals surface area contributed by atoms with Crippen LogP contribution in [0.5, 0.6) is 0 Å². The second-order valence-electron chi connectivity index (χ2n) is 2.71. The SMILES string of the molecule is Fc1cc2nccnc2c(CBr)c1F. The maximum absolute atomic E-state index is 13.3. The topological polar surface area (TPSA) is 25.8 Å². The Balaban J connectivity index is 2.89. The summed E-state index contributed by atoms with van der Waals surface area (Å²) >= 11 is 3.09. The van der Waals surface area contributed by atoms with Gasteiger partial charge in [-0.05, 0) is 0 Å². The lowest BCUT2D eigenvalue weighted by Gasteiger charge is -2.03. The molecular formula is C9H5BrF2N2. The van der Waals surface area contributed by atoms with Crippen molar-refractivity contribution in [1.82, 2.24) is 9.97 Å². The second-order valence-corrected chi connectivity index (χ2v) is 3.27. The summed E-state index contributed by atoms with van der Waals surface area (Å²) in [7, 11) is 0. The number of halogens is 3. The highest BCUT2D eigenvalue weighted by Gasteiger charge is 2.13. The lowest BCUT2D eigenvalue weighted by atomic mass is 10.2. The van der Waals surface area contributed by atoms with Gasteiger partial charge in [-0.15, -0.1) is 0 Å². The minimum Gasteiger partial charge on any atom is -0.253 e. The first kappa shape index (κ1) is 9.45. The molecule has 0 fully saturated rings. The molecule has 0 amide bonds. The zero-order valence-corrected chi connectivity index (χ0v) is 8.55. The van der Waals surface area contributed by atoms with Crippen LogP contribution < -0.4 is 0 Å². The third-order valence-corrected chi connectivity index (χ3v) is 2.44. The van der Waals surface area contributed by atoms with Crippen molar-refractivity contribution in [3.05, 3.63) is 35.7 Å². The summed E-state index contributed by atoms with van der Waals surface area (Å²) in [6.07, 6.45) is 2.89. The van der Waals surface area contributed by atoms with Crippen LogP contribution in [0.1, 0.15) is 5.56 Å². The van der Waals surface area contributed by atoms with E-state index in [1.807, 2.05) is 0 Å². The van der Waals surface area contributed by atoms with Crippen molar-refractivity contribution in [1.29, 1.82) is 0 Å². The summed E-state index contributed by atoms with van der Waals surface area (Å²) in [5.41, 5.74) is 0.956. The molecule has 0 aliphatic heterocycles. The minimum atomic E-state index is -0.896. The Morgan fingerprint density at radius 2 is 1.93 bits per heavy atom. The van der Waals surface area contributed by atoms with E-state index < -0.39 is 11.6 Å². The number of fused-ring (bicyclic) bond motifs is 1. The quantitative estimate of drug-likeness (QED) is 0.736. The largest absolute Gasteiger partial charge is 0.253 e. The highest BCUT2D eigenvalue weighted by atomic mass is 79.9. The van der Waals surface area contributed by atoms with Crippen molar-refractivity contribution in [2.45, 2.75) is 5.33 Å². The van der Waals surface area contributed by atoms with E-state index in [1.165, 1.54) is 12.4 Å². The molecule has 0 bridgehead atoms. The first-order valence-corrected chi connectivity index (χ1v) is 4.99. The zero-order valence-electron chi connectivity index (χ0n) is 6.97. The van der Waals surface area contributed by atoms with Gasteiger partial charge in [-0.3, -0.25) is 9.97 Å². The average Bonchev–Trinajstić information content (AvgIpc) is 2.20. The van der Waals surface area contributed by atoms with Crippen LogP contribution >= 0.6 is 15.9 Å². The Morgan fingerprint density at radius 1 is 1.21 bits per heavy atom. The monoisotopic (exact) mass is 258 g/mol. The molecular weight excluding hydrogens is 254 g/mol. The number of aromatic nitrogens is 2. The van der Waals surface area contributed by atoms with Gasteiger partial charge in [0, 0.05) is 29.4 Å². The number of hydrogen-bond donors (Lipinski definition) is 0. The normalized spacial score (nSPS) is 10.8.